The maximum absolute atomic E-state index is 14.6. The smallest absolute Gasteiger partial charge is 0.310 e. The molecule has 3 fully saturated rings. The molecule has 0 saturated carbocycles. The normalized spacial score (nSPS) is 26.3. The van der Waals surface area contributed by atoms with Gasteiger partial charge in [-0.2, -0.15) is 0 Å². The molecule has 1 spiro atoms. The Labute approximate surface area is 246 Å². The fourth-order valence-corrected chi connectivity index (χ4v) is 9.14. The third-order valence-electron chi connectivity index (χ3n) is 8.78. The molecule has 8 heteroatoms. The van der Waals surface area contributed by atoms with E-state index in [0.29, 0.717) is 39.0 Å². The van der Waals surface area contributed by atoms with Gasteiger partial charge in [-0.3, -0.25) is 14.4 Å². The third-order valence-corrected chi connectivity index (χ3v) is 10.7. The summed E-state index contributed by atoms with van der Waals surface area (Å²) in [5, 5.41) is 11.5. The van der Waals surface area contributed by atoms with Crippen molar-refractivity contribution in [1.29, 1.82) is 0 Å². The molecule has 2 unspecified atom stereocenters. The first-order valence-electron chi connectivity index (χ1n) is 14.7. The Morgan fingerprint density at radius 3 is 2.66 bits per heavy atom. The first kappa shape index (κ1) is 29.4. The Hall–Kier alpha value is -3.10. The first-order chi connectivity index (χ1) is 20.0. The minimum absolute atomic E-state index is 0.0204. The standard InChI is InChI=1S/C33H40N2O5S/c1-3-5-6-11-21-40-32(39)27-26-16-17-33(41-26)28(27)30(37)35(19-9-10-20-36)29(33)31(38)34(18-4-2)25-15-14-23-12-7-8-13-24(23)22-25/h3-4,7-8,12-15,22,26-29,36H,1-2,5-6,9-11,16-21H2/t26-,27+,28-,29?,33?/m0/s1. The van der Waals surface area contributed by atoms with Gasteiger partial charge in [0.05, 0.1) is 23.2 Å². The number of fused-ring (bicyclic) bond motifs is 2. The fraction of sp³-hybridized carbons (Fsp3) is 0.485. The number of aliphatic hydroxyl groups is 1. The highest BCUT2D eigenvalue weighted by Crippen LogP contribution is 2.66. The number of carbonyl (C=O) groups excluding carboxylic acids is 3. The van der Waals surface area contributed by atoms with Crippen LogP contribution in [-0.4, -0.2) is 70.1 Å². The van der Waals surface area contributed by atoms with E-state index in [2.05, 4.69) is 13.2 Å². The van der Waals surface area contributed by atoms with Crippen LogP contribution in [0.2, 0.25) is 0 Å². The van der Waals surface area contributed by atoms with E-state index in [1.165, 1.54) is 0 Å². The van der Waals surface area contributed by atoms with Crippen molar-refractivity contribution in [3.8, 4) is 0 Å². The van der Waals surface area contributed by atoms with Crippen molar-refractivity contribution >= 4 is 46.0 Å². The Morgan fingerprint density at radius 1 is 1.10 bits per heavy atom. The molecule has 7 nitrogen and oxygen atoms in total. The van der Waals surface area contributed by atoms with Crippen molar-refractivity contribution in [3.05, 3.63) is 67.8 Å². The van der Waals surface area contributed by atoms with Gasteiger partial charge in [-0.15, -0.1) is 24.9 Å². The Kier molecular flexibility index (Phi) is 9.19. The number of aliphatic hydroxyl groups excluding tert-OH is 1. The van der Waals surface area contributed by atoms with Crippen molar-refractivity contribution in [2.75, 3.05) is 31.2 Å². The van der Waals surface area contributed by atoms with Crippen molar-refractivity contribution in [2.24, 2.45) is 11.8 Å². The minimum Gasteiger partial charge on any atom is -0.465 e. The van der Waals surface area contributed by atoms with Gasteiger partial charge in [-0.1, -0.05) is 42.5 Å². The van der Waals surface area contributed by atoms with Crippen LogP contribution in [-0.2, 0) is 19.1 Å². The summed E-state index contributed by atoms with van der Waals surface area (Å²) in [6.45, 7) is 8.66. The van der Waals surface area contributed by atoms with Crippen LogP contribution in [0, 0.1) is 11.8 Å². The van der Waals surface area contributed by atoms with E-state index >= 15 is 0 Å². The summed E-state index contributed by atoms with van der Waals surface area (Å²) in [4.78, 5) is 45.6. The van der Waals surface area contributed by atoms with Crippen LogP contribution in [0.15, 0.2) is 67.8 Å². The summed E-state index contributed by atoms with van der Waals surface area (Å²) in [5.74, 6) is -1.74. The highest BCUT2D eigenvalue weighted by atomic mass is 32.2. The number of anilines is 1. The SMILES string of the molecule is C=CCCCCOC(=O)[C@@H]1[C@@H]2CCC3(S2)C(C(=O)N(CC=C)c2ccc4ccccc4c2)N(CCCCO)C(=O)[C@H]13. The highest BCUT2D eigenvalue weighted by molar-refractivity contribution is 8.02. The van der Waals surface area contributed by atoms with E-state index < -0.39 is 22.6 Å². The van der Waals surface area contributed by atoms with Crippen LogP contribution in [0.5, 0.6) is 0 Å². The number of esters is 1. The van der Waals surface area contributed by atoms with E-state index in [1.54, 1.807) is 27.6 Å². The number of ether oxygens (including phenoxy) is 1. The van der Waals surface area contributed by atoms with Gasteiger partial charge in [0.25, 0.3) is 5.91 Å². The van der Waals surface area contributed by atoms with E-state index in [9.17, 15) is 19.5 Å². The second-order valence-corrected chi connectivity index (χ2v) is 12.8. The number of unbranched alkanes of at least 4 members (excludes halogenated alkanes) is 3. The molecule has 1 N–H and O–H groups in total. The lowest BCUT2D eigenvalue weighted by Crippen LogP contribution is -2.55. The quantitative estimate of drug-likeness (QED) is 0.191. The van der Waals surface area contributed by atoms with E-state index in [1.807, 2.05) is 48.5 Å². The second-order valence-electron chi connectivity index (χ2n) is 11.2. The molecule has 5 atom stereocenters. The van der Waals surface area contributed by atoms with Gasteiger partial charge in [0, 0.05) is 30.6 Å². The number of benzene rings is 2. The van der Waals surface area contributed by atoms with Gasteiger partial charge in [0.2, 0.25) is 5.91 Å². The van der Waals surface area contributed by atoms with Gasteiger partial charge >= 0.3 is 5.97 Å². The van der Waals surface area contributed by atoms with E-state index in [4.69, 9.17) is 4.74 Å². The Bertz CT molecular complexity index is 1310. The maximum Gasteiger partial charge on any atom is 0.310 e. The number of nitrogens with zero attached hydrogens (tertiary/aromatic N) is 2. The molecule has 2 amide bonds. The van der Waals surface area contributed by atoms with Crippen molar-refractivity contribution < 1.29 is 24.2 Å². The summed E-state index contributed by atoms with van der Waals surface area (Å²) in [6, 6.07) is 13.3. The molecule has 41 heavy (non-hydrogen) atoms. The average Bonchev–Trinajstić information content (AvgIpc) is 3.63. The third kappa shape index (κ3) is 5.44. The van der Waals surface area contributed by atoms with Crippen molar-refractivity contribution in [1.82, 2.24) is 4.90 Å². The van der Waals surface area contributed by atoms with Gasteiger partial charge in [-0.05, 0) is 67.9 Å². The van der Waals surface area contributed by atoms with Gasteiger partial charge < -0.3 is 19.6 Å². The molecule has 3 aliphatic rings. The maximum atomic E-state index is 14.6. The minimum atomic E-state index is -0.703. The predicted octanol–water partition coefficient (Wildman–Crippen LogP) is 5.12. The molecule has 218 valence electrons. The summed E-state index contributed by atoms with van der Waals surface area (Å²) in [6.07, 6.45) is 8.68. The molecule has 0 aromatic heterocycles. The Balaban J connectivity index is 1.46. The first-order valence-corrected chi connectivity index (χ1v) is 15.6. The number of rotatable bonds is 14. The molecule has 3 aliphatic heterocycles. The summed E-state index contributed by atoms with van der Waals surface area (Å²) in [5.41, 5.74) is 0.754. The molecule has 3 saturated heterocycles. The topological polar surface area (TPSA) is 87.2 Å². The number of carbonyl (C=O) groups is 3. The molecule has 5 rings (SSSR count). The molecule has 0 radical (unpaired) electrons. The predicted molar refractivity (Wildman–Crippen MR) is 164 cm³/mol. The summed E-state index contributed by atoms with van der Waals surface area (Å²) >= 11 is 1.65. The van der Waals surface area contributed by atoms with E-state index in [0.717, 1.165) is 42.1 Å². The molecular weight excluding hydrogens is 536 g/mol. The summed E-state index contributed by atoms with van der Waals surface area (Å²) in [7, 11) is 0. The number of thioether (sulfide) groups is 1. The Morgan fingerprint density at radius 2 is 1.90 bits per heavy atom. The average molecular weight is 577 g/mol. The number of likely N-dealkylation sites (tertiary alicyclic amines) is 1. The zero-order chi connectivity index (χ0) is 29.0. The van der Waals surface area contributed by atoms with Crippen molar-refractivity contribution in [2.45, 2.75) is 61.0 Å². The molecule has 2 aromatic rings. The van der Waals surface area contributed by atoms with Crippen LogP contribution in [0.1, 0.15) is 44.9 Å². The number of amides is 2. The van der Waals surface area contributed by atoms with Gasteiger partial charge in [-0.25, -0.2) is 0 Å². The zero-order valence-corrected chi connectivity index (χ0v) is 24.4. The van der Waals surface area contributed by atoms with E-state index in [-0.39, 0.29) is 29.6 Å². The molecule has 2 bridgehead atoms. The van der Waals surface area contributed by atoms with Gasteiger partial charge in [0.15, 0.2) is 0 Å². The van der Waals surface area contributed by atoms with Crippen LogP contribution in [0.25, 0.3) is 10.8 Å². The van der Waals surface area contributed by atoms with Crippen LogP contribution in [0.3, 0.4) is 0 Å². The second kappa shape index (κ2) is 12.8. The van der Waals surface area contributed by atoms with Gasteiger partial charge in [0.1, 0.15) is 6.04 Å². The number of hydrogen-bond donors (Lipinski definition) is 1. The monoisotopic (exact) mass is 576 g/mol. The highest BCUT2D eigenvalue weighted by Gasteiger charge is 2.74. The van der Waals surface area contributed by atoms with Crippen LogP contribution in [0.4, 0.5) is 5.69 Å². The molecule has 2 aromatic carbocycles. The molecule has 0 aliphatic carbocycles. The molecule has 3 heterocycles. The fourth-order valence-electron chi connectivity index (χ4n) is 6.94. The number of allylic oxidation sites excluding steroid dienone is 1. The zero-order valence-electron chi connectivity index (χ0n) is 23.6. The van der Waals surface area contributed by atoms with Crippen molar-refractivity contribution in [3.63, 3.8) is 0 Å². The summed E-state index contributed by atoms with van der Waals surface area (Å²) < 4.78 is 5.03. The van der Waals surface area contributed by atoms with Crippen LogP contribution < -0.4 is 4.90 Å². The largest absolute Gasteiger partial charge is 0.465 e. The molecular formula is C33H40N2O5S. The lowest BCUT2D eigenvalue weighted by Gasteiger charge is -2.37. The lowest BCUT2D eigenvalue weighted by molar-refractivity contribution is -0.154. The van der Waals surface area contributed by atoms with Crippen LogP contribution >= 0.6 is 11.8 Å². The number of hydrogen-bond acceptors (Lipinski definition) is 6. The lowest BCUT2D eigenvalue weighted by atomic mass is 9.71.